The van der Waals surface area contributed by atoms with Gasteiger partial charge in [0.1, 0.15) is 0 Å². The fourth-order valence-corrected chi connectivity index (χ4v) is 2.77. The molecular weight excluding hydrogens is 230 g/mol. The monoisotopic (exact) mass is 259 g/mol. The summed E-state index contributed by atoms with van der Waals surface area (Å²) in [6.07, 6.45) is 6.16. The Kier molecular flexibility index (Phi) is 6.14. The van der Waals surface area contributed by atoms with Gasteiger partial charge < -0.3 is 5.73 Å². The number of anilines is 1. The second kappa shape index (κ2) is 7.37. The van der Waals surface area contributed by atoms with Gasteiger partial charge in [0.05, 0.1) is 0 Å². The lowest BCUT2D eigenvalue weighted by Gasteiger charge is -2.18. The predicted octanol–water partition coefficient (Wildman–Crippen LogP) is 5.51. The van der Waals surface area contributed by atoms with Crippen molar-refractivity contribution in [2.75, 3.05) is 5.73 Å². The molecule has 0 aliphatic carbocycles. The number of rotatable bonds is 7. The van der Waals surface area contributed by atoms with E-state index in [-0.39, 0.29) is 0 Å². The molecule has 0 spiro atoms. The normalized spacial score (nSPS) is 12.4. The second-order valence-electron chi connectivity index (χ2n) is 5.69. The summed E-state index contributed by atoms with van der Waals surface area (Å²) in [4.78, 5) is 0. The number of nitrogen functional groups attached to an aromatic ring is 1. The van der Waals surface area contributed by atoms with Crippen LogP contribution >= 0.6 is 0 Å². The lowest BCUT2D eigenvalue weighted by atomic mass is 9.89. The lowest BCUT2D eigenvalue weighted by Crippen LogP contribution is -2.02. The van der Waals surface area contributed by atoms with E-state index in [9.17, 15) is 0 Å². The van der Waals surface area contributed by atoms with Crippen molar-refractivity contribution in [3.63, 3.8) is 0 Å². The van der Waals surface area contributed by atoms with E-state index < -0.39 is 0 Å². The number of nitrogens with two attached hydrogens (primary N) is 1. The fraction of sp³-hybridized carbons (Fsp3) is 0.556. The average Bonchev–Trinajstić information content (AvgIpc) is 2.39. The zero-order chi connectivity index (χ0) is 14.4. The van der Waals surface area contributed by atoms with Gasteiger partial charge in [-0.15, -0.1) is 0 Å². The summed E-state index contributed by atoms with van der Waals surface area (Å²) >= 11 is 0. The molecule has 19 heavy (non-hydrogen) atoms. The zero-order valence-electron chi connectivity index (χ0n) is 13.1. The van der Waals surface area contributed by atoms with Gasteiger partial charge in [-0.25, -0.2) is 0 Å². The molecule has 0 aromatic heterocycles. The highest BCUT2D eigenvalue weighted by atomic mass is 14.6. The van der Waals surface area contributed by atoms with Gasteiger partial charge in [0.2, 0.25) is 0 Å². The van der Waals surface area contributed by atoms with Crippen molar-refractivity contribution in [2.45, 2.75) is 59.8 Å². The molecule has 1 atom stereocenters. The molecule has 1 aromatic carbocycles. The van der Waals surface area contributed by atoms with E-state index >= 15 is 0 Å². The first-order chi connectivity index (χ1) is 9.01. The Morgan fingerprint density at radius 3 is 2.37 bits per heavy atom. The number of hydrogen-bond donors (Lipinski definition) is 1. The Bertz CT molecular complexity index is 432. The van der Waals surface area contributed by atoms with E-state index in [0.29, 0.717) is 0 Å². The molecule has 0 bridgehead atoms. The van der Waals surface area contributed by atoms with Crippen LogP contribution in [0.25, 0.3) is 5.57 Å². The molecule has 0 saturated heterocycles. The van der Waals surface area contributed by atoms with E-state index in [0.717, 1.165) is 23.6 Å². The highest BCUT2D eigenvalue weighted by molar-refractivity contribution is 5.77. The van der Waals surface area contributed by atoms with Gasteiger partial charge >= 0.3 is 0 Å². The molecule has 1 nitrogen and oxygen atoms in total. The van der Waals surface area contributed by atoms with Crippen LogP contribution in [0.15, 0.2) is 18.7 Å². The molecule has 0 heterocycles. The molecule has 0 aliphatic heterocycles. The van der Waals surface area contributed by atoms with Crippen molar-refractivity contribution < 1.29 is 0 Å². The molecular formula is C18H29N. The van der Waals surface area contributed by atoms with Crippen LogP contribution in [0.2, 0.25) is 0 Å². The van der Waals surface area contributed by atoms with Gasteiger partial charge in [-0.05, 0) is 49.3 Å². The van der Waals surface area contributed by atoms with Gasteiger partial charge in [-0.1, -0.05) is 51.8 Å². The van der Waals surface area contributed by atoms with Gasteiger partial charge in [0, 0.05) is 11.3 Å². The Morgan fingerprint density at radius 1 is 1.16 bits per heavy atom. The van der Waals surface area contributed by atoms with Gasteiger partial charge in [0.25, 0.3) is 0 Å². The summed E-state index contributed by atoms with van der Waals surface area (Å²) in [7, 11) is 0. The van der Waals surface area contributed by atoms with Crippen LogP contribution in [0.5, 0.6) is 0 Å². The summed E-state index contributed by atoms with van der Waals surface area (Å²) in [5.41, 5.74) is 11.9. The third kappa shape index (κ3) is 4.12. The molecule has 2 N–H and O–H groups in total. The van der Waals surface area contributed by atoms with E-state index in [1.807, 2.05) is 0 Å². The first-order valence-corrected chi connectivity index (χ1v) is 7.55. The van der Waals surface area contributed by atoms with Crippen LogP contribution in [0, 0.1) is 19.8 Å². The topological polar surface area (TPSA) is 26.0 Å². The lowest BCUT2D eigenvalue weighted by molar-refractivity contribution is 0.438. The number of hydrogen-bond acceptors (Lipinski definition) is 1. The summed E-state index contributed by atoms with van der Waals surface area (Å²) < 4.78 is 0. The first kappa shape index (κ1) is 15.8. The van der Waals surface area contributed by atoms with Crippen molar-refractivity contribution in [3.8, 4) is 0 Å². The van der Waals surface area contributed by atoms with Crippen LogP contribution in [0.4, 0.5) is 5.69 Å². The number of aryl methyl sites for hydroxylation is 2. The molecule has 0 aliphatic rings. The third-order valence-corrected chi connectivity index (χ3v) is 4.15. The van der Waals surface area contributed by atoms with Gasteiger partial charge in [-0.3, -0.25) is 0 Å². The van der Waals surface area contributed by atoms with Crippen LogP contribution in [0.3, 0.4) is 0 Å². The minimum absolute atomic E-state index is 0.827. The molecule has 1 heteroatoms. The summed E-state index contributed by atoms with van der Waals surface area (Å²) in [5, 5.41) is 0. The molecule has 1 aromatic rings. The summed E-state index contributed by atoms with van der Waals surface area (Å²) in [6, 6.07) is 4.24. The van der Waals surface area contributed by atoms with Crippen LogP contribution in [-0.2, 0) is 0 Å². The second-order valence-corrected chi connectivity index (χ2v) is 5.69. The molecule has 0 amide bonds. The highest BCUT2D eigenvalue weighted by Crippen LogP contribution is 2.31. The van der Waals surface area contributed by atoms with E-state index in [1.165, 1.54) is 42.4 Å². The Morgan fingerprint density at radius 2 is 1.79 bits per heavy atom. The largest absolute Gasteiger partial charge is 0.398 e. The van der Waals surface area contributed by atoms with Crippen molar-refractivity contribution >= 4 is 11.3 Å². The summed E-state index contributed by atoms with van der Waals surface area (Å²) in [6.45, 7) is 13.0. The highest BCUT2D eigenvalue weighted by Gasteiger charge is 2.12. The molecule has 106 valence electrons. The van der Waals surface area contributed by atoms with E-state index in [2.05, 4.69) is 46.4 Å². The molecule has 0 fully saturated rings. The average molecular weight is 259 g/mol. The molecule has 1 rings (SSSR count). The first-order valence-electron chi connectivity index (χ1n) is 7.55. The third-order valence-electron chi connectivity index (χ3n) is 4.15. The van der Waals surface area contributed by atoms with Crippen LogP contribution in [0.1, 0.15) is 62.6 Å². The maximum atomic E-state index is 6.22. The maximum Gasteiger partial charge on any atom is 0.0422 e. The maximum absolute atomic E-state index is 6.22. The zero-order valence-corrected chi connectivity index (χ0v) is 13.1. The van der Waals surface area contributed by atoms with Gasteiger partial charge in [0.15, 0.2) is 0 Å². The minimum atomic E-state index is 0.827. The Balaban J connectivity index is 2.76. The SMILES string of the molecule is C=C(CCC(CC)CCC)c1c(C)ccc(C)c1N. The number of allylic oxidation sites excluding steroid dienone is 1. The smallest absolute Gasteiger partial charge is 0.0422 e. The minimum Gasteiger partial charge on any atom is -0.398 e. The van der Waals surface area contributed by atoms with Crippen LogP contribution in [-0.4, -0.2) is 0 Å². The fourth-order valence-electron chi connectivity index (χ4n) is 2.77. The predicted molar refractivity (Wildman–Crippen MR) is 87.3 cm³/mol. The number of benzene rings is 1. The molecule has 1 unspecified atom stereocenters. The quantitative estimate of drug-likeness (QED) is 0.642. The van der Waals surface area contributed by atoms with E-state index in [4.69, 9.17) is 5.73 Å². The van der Waals surface area contributed by atoms with Crippen LogP contribution < -0.4 is 5.73 Å². The van der Waals surface area contributed by atoms with Gasteiger partial charge in [-0.2, -0.15) is 0 Å². The van der Waals surface area contributed by atoms with Crippen molar-refractivity contribution in [1.29, 1.82) is 0 Å². The standard InChI is InChI=1S/C18H29N/c1-6-8-16(7-2)12-11-14(4)17-13(3)9-10-15(5)18(17)19/h9-10,16H,4,6-8,11-12,19H2,1-3,5H3. The van der Waals surface area contributed by atoms with E-state index in [1.54, 1.807) is 0 Å². The Labute approximate surface area is 118 Å². The Hall–Kier alpha value is -1.24. The van der Waals surface area contributed by atoms with Crippen molar-refractivity contribution in [2.24, 2.45) is 5.92 Å². The van der Waals surface area contributed by atoms with Crippen molar-refractivity contribution in [3.05, 3.63) is 35.4 Å². The van der Waals surface area contributed by atoms with Crippen molar-refractivity contribution in [1.82, 2.24) is 0 Å². The molecule has 0 saturated carbocycles. The summed E-state index contributed by atoms with van der Waals surface area (Å²) in [5.74, 6) is 0.827. The molecule has 0 radical (unpaired) electrons.